The number of fused-ring (bicyclic) bond motifs is 1. The number of hydrogen-bond acceptors (Lipinski definition) is 5. The molecule has 31 heavy (non-hydrogen) atoms. The lowest BCUT2D eigenvalue weighted by Gasteiger charge is -2.09. The van der Waals surface area contributed by atoms with Gasteiger partial charge in [-0.1, -0.05) is 30.3 Å². The Kier molecular flexibility index (Phi) is 4.67. The third-order valence-corrected chi connectivity index (χ3v) is 5.65. The van der Waals surface area contributed by atoms with Crippen LogP contribution in [0.15, 0.2) is 58.3 Å². The van der Waals surface area contributed by atoms with Gasteiger partial charge in [0, 0.05) is 37.0 Å². The van der Waals surface area contributed by atoms with Crippen molar-refractivity contribution in [3.63, 3.8) is 0 Å². The van der Waals surface area contributed by atoms with Gasteiger partial charge in [0.2, 0.25) is 11.2 Å². The summed E-state index contributed by atoms with van der Waals surface area (Å²) in [5.41, 5.74) is 9.27. The first kappa shape index (κ1) is 19.3. The molecule has 0 saturated carbocycles. The van der Waals surface area contributed by atoms with Crippen molar-refractivity contribution in [2.45, 2.75) is 25.5 Å². The van der Waals surface area contributed by atoms with E-state index in [1.807, 2.05) is 30.3 Å². The fraction of sp³-hybridized carbons (Fsp3) is 0.273. The maximum Gasteiger partial charge on any atom is 0.428 e. The number of aromatic amines is 1. The number of nitrogen functional groups attached to an aromatic ring is 1. The van der Waals surface area contributed by atoms with Gasteiger partial charge in [0.25, 0.3) is 0 Å². The molecule has 0 radical (unpaired) electrons. The van der Waals surface area contributed by atoms with E-state index in [-0.39, 0.29) is 23.3 Å². The summed E-state index contributed by atoms with van der Waals surface area (Å²) >= 11 is 0. The Morgan fingerprint density at radius 3 is 2.71 bits per heavy atom. The molecule has 0 aliphatic carbocycles. The zero-order valence-corrected chi connectivity index (χ0v) is 17.1. The predicted octanol–water partition coefficient (Wildman–Crippen LogP) is 1.10. The number of pyridine rings is 1. The molecule has 0 bridgehead atoms. The molecule has 9 heteroatoms. The van der Waals surface area contributed by atoms with E-state index in [1.54, 1.807) is 19.3 Å². The van der Waals surface area contributed by atoms with Gasteiger partial charge in [0.15, 0.2) is 0 Å². The highest BCUT2D eigenvalue weighted by Gasteiger charge is 2.27. The molecule has 0 spiro atoms. The number of ether oxygens (including phenoxy) is 1. The second-order valence-electron chi connectivity index (χ2n) is 7.75. The van der Waals surface area contributed by atoms with Crippen LogP contribution in [0.1, 0.15) is 12.8 Å². The number of benzene rings is 1. The maximum atomic E-state index is 13.2. The van der Waals surface area contributed by atoms with Crippen LogP contribution in [0.3, 0.4) is 0 Å². The Bertz CT molecular complexity index is 1380. The fourth-order valence-corrected chi connectivity index (χ4v) is 4.09. The molecule has 1 saturated heterocycles. The van der Waals surface area contributed by atoms with Gasteiger partial charge in [-0.3, -0.25) is 4.79 Å². The number of rotatable bonds is 4. The van der Waals surface area contributed by atoms with E-state index < -0.39 is 0 Å². The molecular weight excluding hydrogens is 396 g/mol. The summed E-state index contributed by atoms with van der Waals surface area (Å²) in [6.07, 6.45) is 3.61. The molecule has 9 nitrogen and oxygen atoms in total. The van der Waals surface area contributed by atoms with Gasteiger partial charge in [0.05, 0.1) is 11.7 Å². The topological polar surface area (TPSA) is 112 Å². The molecule has 0 unspecified atom stereocenters. The van der Waals surface area contributed by atoms with E-state index in [2.05, 4.69) is 10.1 Å². The van der Waals surface area contributed by atoms with Gasteiger partial charge in [-0.05, 0) is 18.9 Å². The Labute approximate surface area is 177 Å². The number of nitrogens with zero attached hydrogens (tertiary/aromatic N) is 4. The molecule has 3 aromatic heterocycles. The summed E-state index contributed by atoms with van der Waals surface area (Å²) in [5.74, 6) is 0.0924. The first-order chi connectivity index (χ1) is 15.0. The van der Waals surface area contributed by atoms with Crippen molar-refractivity contribution in [1.82, 2.24) is 19.3 Å². The second-order valence-corrected chi connectivity index (χ2v) is 7.75. The molecular formula is C22H23N6O3+. The standard InChI is InChI=1S/C22H22N6O3/c1-26-12-15(9-10-17(26)29)18-19(14-6-3-2-4-7-14)24-21(23)28-20(18)25-27(22(28)30)13-16-8-5-11-31-16/h2-4,6-7,9-10,12,16H,5,8,11,13H2,1H3,(H2,23,24,25)/p+1/t16-/m1/s1. The normalized spacial score (nSPS) is 16.2. The van der Waals surface area contributed by atoms with Crippen LogP contribution >= 0.6 is 0 Å². The van der Waals surface area contributed by atoms with Crippen molar-refractivity contribution < 1.29 is 9.14 Å². The van der Waals surface area contributed by atoms with E-state index >= 15 is 0 Å². The smallest absolute Gasteiger partial charge is 0.375 e. The van der Waals surface area contributed by atoms with E-state index in [0.29, 0.717) is 30.1 Å². The van der Waals surface area contributed by atoms with E-state index in [0.717, 1.165) is 24.0 Å². The highest BCUT2D eigenvalue weighted by atomic mass is 16.5. The highest BCUT2D eigenvalue weighted by Crippen LogP contribution is 2.32. The Hall–Kier alpha value is -3.72. The largest absolute Gasteiger partial charge is 0.428 e. The van der Waals surface area contributed by atoms with Crippen LogP contribution in [0.5, 0.6) is 0 Å². The van der Waals surface area contributed by atoms with E-state index in [9.17, 15) is 9.59 Å². The molecule has 5 rings (SSSR count). The van der Waals surface area contributed by atoms with Crippen LogP contribution in [0.2, 0.25) is 0 Å². The minimum absolute atomic E-state index is 0.0184. The third-order valence-electron chi connectivity index (χ3n) is 5.65. The third kappa shape index (κ3) is 3.32. The lowest BCUT2D eigenvalue weighted by molar-refractivity contribution is -0.516. The van der Waals surface area contributed by atoms with Crippen molar-refractivity contribution in [3.8, 4) is 22.4 Å². The van der Waals surface area contributed by atoms with E-state index in [1.165, 1.54) is 19.7 Å². The van der Waals surface area contributed by atoms with Crippen LogP contribution in [0, 0.1) is 0 Å². The molecule has 4 heterocycles. The van der Waals surface area contributed by atoms with Crippen LogP contribution in [-0.4, -0.2) is 32.0 Å². The lowest BCUT2D eigenvalue weighted by atomic mass is 10.0. The molecule has 158 valence electrons. The summed E-state index contributed by atoms with van der Waals surface area (Å²) in [6, 6.07) is 12.9. The summed E-state index contributed by atoms with van der Waals surface area (Å²) in [5, 5.41) is 3.22. The van der Waals surface area contributed by atoms with Gasteiger partial charge in [0.1, 0.15) is 12.2 Å². The number of hydrogen-bond donors (Lipinski definition) is 2. The van der Waals surface area contributed by atoms with Gasteiger partial charge < -0.3 is 15.0 Å². The van der Waals surface area contributed by atoms with Crippen LogP contribution in [0.25, 0.3) is 28.0 Å². The Morgan fingerprint density at radius 1 is 1.19 bits per heavy atom. The zero-order valence-electron chi connectivity index (χ0n) is 17.1. The summed E-state index contributed by atoms with van der Waals surface area (Å²) in [7, 11) is 1.69. The van der Waals surface area contributed by atoms with Crippen molar-refractivity contribution in [2.75, 3.05) is 12.3 Å². The first-order valence-electron chi connectivity index (χ1n) is 10.2. The van der Waals surface area contributed by atoms with Gasteiger partial charge in [-0.15, -0.1) is 9.38 Å². The maximum absolute atomic E-state index is 13.2. The first-order valence-corrected chi connectivity index (χ1v) is 10.2. The Morgan fingerprint density at radius 2 is 2.00 bits per heavy atom. The average Bonchev–Trinajstić information content (AvgIpc) is 3.39. The number of H-pyrrole nitrogens is 1. The van der Waals surface area contributed by atoms with Gasteiger partial charge in [-0.2, -0.15) is 4.68 Å². The zero-order chi connectivity index (χ0) is 21.5. The molecule has 1 aliphatic heterocycles. The molecule has 1 fully saturated rings. The second kappa shape index (κ2) is 7.51. The number of nitrogens with two attached hydrogens (primary N) is 1. The SMILES string of the molecule is Cn1cc(-c2c(-c3ccccc3)nc(N)[n+]3c(=O)n(C[C@H]4CCCO4)[nH]c23)ccc1=O. The van der Waals surface area contributed by atoms with Crippen LogP contribution in [-0.2, 0) is 18.3 Å². The molecule has 1 aliphatic rings. The molecule has 4 aromatic rings. The average molecular weight is 419 g/mol. The summed E-state index contributed by atoms with van der Waals surface area (Å²) in [6.45, 7) is 1.12. The quantitative estimate of drug-likeness (QED) is 0.481. The van der Waals surface area contributed by atoms with Crippen LogP contribution in [0.4, 0.5) is 5.95 Å². The summed E-state index contributed by atoms with van der Waals surface area (Å²) < 4.78 is 10.1. The van der Waals surface area contributed by atoms with Crippen molar-refractivity contribution in [2.24, 2.45) is 7.05 Å². The fourth-order valence-electron chi connectivity index (χ4n) is 4.09. The van der Waals surface area contributed by atoms with Crippen molar-refractivity contribution in [1.29, 1.82) is 0 Å². The van der Waals surface area contributed by atoms with Crippen molar-refractivity contribution in [3.05, 3.63) is 69.5 Å². The minimum atomic E-state index is -0.304. The number of aryl methyl sites for hydroxylation is 1. The number of anilines is 1. The van der Waals surface area contributed by atoms with Gasteiger partial charge >= 0.3 is 11.6 Å². The minimum Gasteiger partial charge on any atom is -0.375 e. The monoisotopic (exact) mass is 419 g/mol. The molecule has 3 N–H and O–H groups in total. The number of nitrogens with one attached hydrogen (secondary N) is 1. The lowest BCUT2D eigenvalue weighted by Crippen LogP contribution is -2.45. The van der Waals surface area contributed by atoms with Gasteiger partial charge in [-0.25, -0.2) is 9.89 Å². The van der Waals surface area contributed by atoms with Crippen LogP contribution < -0.4 is 21.4 Å². The Balaban J connectivity index is 1.81. The summed E-state index contributed by atoms with van der Waals surface area (Å²) in [4.78, 5) is 29.7. The number of aromatic nitrogens is 5. The highest BCUT2D eigenvalue weighted by molar-refractivity contribution is 5.88. The molecule has 1 atom stereocenters. The predicted molar refractivity (Wildman–Crippen MR) is 116 cm³/mol. The molecule has 0 amide bonds. The molecule has 1 aromatic carbocycles. The van der Waals surface area contributed by atoms with Crippen molar-refractivity contribution >= 4 is 11.6 Å². The van der Waals surface area contributed by atoms with E-state index in [4.69, 9.17) is 10.5 Å².